The minimum Gasteiger partial charge on any atom is -0.493 e. The van der Waals surface area contributed by atoms with Gasteiger partial charge in [0.05, 0.1) is 24.5 Å². The second-order valence-corrected chi connectivity index (χ2v) is 5.13. The molecule has 0 spiro atoms. The van der Waals surface area contributed by atoms with Gasteiger partial charge in [-0.1, -0.05) is 18.2 Å². The van der Waals surface area contributed by atoms with Crippen molar-refractivity contribution in [2.75, 3.05) is 19.0 Å². The van der Waals surface area contributed by atoms with Crippen molar-refractivity contribution in [1.82, 2.24) is 10.2 Å². The van der Waals surface area contributed by atoms with Gasteiger partial charge in [0.1, 0.15) is 0 Å². The van der Waals surface area contributed by atoms with Gasteiger partial charge in [-0.2, -0.15) is 5.10 Å². The summed E-state index contributed by atoms with van der Waals surface area (Å²) in [6.45, 7) is 1.86. The zero-order valence-electron chi connectivity index (χ0n) is 12.9. The van der Waals surface area contributed by atoms with Crippen molar-refractivity contribution in [2.45, 2.75) is 6.92 Å². The first-order valence-corrected chi connectivity index (χ1v) is 7.17. The molecular weight excluding hydrogens is 294 g/mol. The summed E-state index contributed by atoms with van der Waals surface area (Å²) in [5, 5.41) is 10.6. The Balaban J connectivity index is 1.67. The van der Waals surface area contributed by atoms with Gasteiger partial charge in [-0.3, -0.25) is 9.89 Å². The maximum atomic E-state index is 12.1. The van der Waals surface area contributed by atoms with Crippen LogP contribution in [0.4, 0.5) is 5.69 Å². The smallest absolute Gasteiger partial charge is 0.262 e. The van der Waals surface area contributed by atoms with Gasteiger partial charge in [-0.05, 0) is 30.7 Å². The molecule has 0 atom stereocenters. The first kappa shape index (κ1) is 14.9. The maximum absolute atomic E-state index is 12.1. The Kier molecular flexibility index (Phi) is 4.14. The molecule has 0 radical (unpaired) electrons. The topological polar surface area (TPSA) is 76.2 Å². The number of nitrogens with zero attached hydrogens (tertiary/aromatic N) is 1. The van der Waals surface area contributed by atoms with E-state index in [1.165, 1.54) is 0 Å². The molecule has 3 aromatic rings. The van der Waals surface area contributed by atoms with Gasteiger partial charge in [0, 0.05) is 5.39 Å². The highest BCUT2D eigenvalue weighted by Gasteiger charge is 2.10. The monoisotopic (exact) mass is 311 g/mol. The summed E-state index contributed by atoms with van der Waals surface area (Å²) in [6.07, 6.45) is 1.71. The van der Waals surface area contributed by atoms with E-state index < -0.39 is 0 Å². The molecule has 0 aliphatic rings. The number of benzene rings is 2. The predicted molar refractivity (Wildman–Crippen MR) is 87.9 cm³/mol. The van der Waals surface area contributed by atoms with Crippen LogP contribution in [0.3, 0.4) is 0 Å². The van der Waals surface area contributed by atoms with E-state index in [2.05, 4.69) is 15.5 Å². The van der Waals surface area contributed by atoms with E-state index in [-0.39, 0.29) is 12.5 Å². The quantitative estimate of drug-likeness (QED) is 0.759. The highest BCUT2D eigenvalue weighted by Crippen LogP contribution is 2.27. The lowest BCUT2D eigenvalue weighted by Crippen LogP contribution is -2.20. The summed E-state index contributed by atoms with van der Waals surface area (Å²) < 4.78 is 10.8. The van der Waals surface area contributed by atoms with Crippen LogP contribution in [0.1, 0.15) is 5.56 Å². The molecule has 0 unspecified atom stereocenters. The highest BCUT2D eigenvalue weighted by atomic mass is 16.5. The molecule has 0 fully saturated rings. The molecule has 1 heterocycles. The number of H-pyrrole nitrogens is 1. The Hall–Kier alpha value is -3.02. The van der Waals surface area contributed by atoms with Crippen molar-refractivity contribution in [3.63, 3.8) is 0 Å². The van der Waals surface area contributed by atoms with Gasteiger partial charge in [0.25, 0.3) is 5.91 Å². The molecule has 0 aliphatic carbocycles. The first-order chi connectivity index (χ1) is 11.2. The number of anilines is 1. The third-order valence-electron chi connectivity index (χ3n) is 3.43. The Morgan fingerprint density at radius 1 is 1.26 bits per heavy atom. The zero-order valence-corrected chi connectivity index (χ0v) is 12.9. The van der Waals surface area contributed by atoms with Crippen molar-refractivity contribution in [2.24, 2.45) is 0 Å². The van der Waals surface area contributed by atoms with Gasteiger partial charge in [-0.25, -0.2) is 0 Å². The minimum atomic E-state index is -0.255. The van der Waals surface area contributed by atoms with Crippen LogP contribution in [-0.4, -0.2) is 29.8 Å². The fourth-order valence-electron chi connectivity index (χ4n) is 2.30. The van der Waals surface area contributed by atoms with E-state index >= 15 is 0 Å². The summed E-state index contributed by atoms with van der Waals surface area (Å²) in [6, 6.07) is 11.1. The molecule has 1 amide bonds. The molecule has 1 aromatic heterocycles. The van der Waals surface area contributed by atoms with Crippen molar-refractivity contribution in [3.8, 4) is 11.5 Å². The van der Waals surface area contributed by atoms with Gasteiger partial charge in [-0.15, -0.1) is 0 Å². The van der Waals surface area contributed by atoms with E-state index in [1.807, 2.05) is 37.3 Å². The second-order valence-electron chi connectivity index (χ2n) is 5.13. The molecule has 0 aliphatic heterocycles. The van der Waals surface area contributed by atoms with Crippen LogP contribution in [0, 0.1) is 6.92 Å². The van der Waals surface area contributed by atoms with Crippen molar-refractivity contribution < 1.29 is 14.3 Å². The minimum absolute atomic E-state index is 0.107. The number of fused-ring (bicyclic) bond motifs is 1. The van der Waals surface area contributed by atoms with Crippen molar-refractivity contribution in [3.05, 3.63) is 48.2 Å². The molecule has 2 aromatic carbocycles. The second kappa shape index (κ2) is 6.39. The Morgan fingerprint density at radius 2 is 2.13 bits per heavy atom. The number of carbonyl (C=O) groups is 1. The Labute approximate surface area is 133 Å². The van der Waals surface area contributed by atoms with Crippen LogP contribution in [0.15, 0.2) is 42.6 Å². The van der Waals surface area contributed by atoms with Crippen LogP contribution in [0.2, 0.25) is 0 Å². The maximum Gasteiger partial charge on any atom is 0.262 e. The van der Waals surface area contributed by atoms with E-state index in [0.717, 1.165) is 16.5 Å². The number of carbonyl (C=O) groups excluding carboxylic acids is 1. The normalized spacial score (nSPS) is 10.5. The number of methoxy groups -OCH3 is 1. The van der Waals surface area contributed by atoms with Crippen LogP contribution in [0.5, 0.6) is 11.5 Å². The fourth-order valence-corrected chi connectivity index (χ4v) is 2.30. The van der Waals surface area contributed by atoms with Gasteiger partial charge in [0.2, 0.25) is 0 Å². The third-order valence-corrected chi connectivity index (χ3v) is 3.43. The fraction of sp³-hybridized carbons (Fsp3) is 0.176. The number of aromatic nitrogens is 2. The summed E-state index contributed by atoms with van der Waals surface area (Å²) in [7, 11) is 1.57. The van der Waals surface area contributed by atoms with Gasteiger partial charge >= 0.3 is 0 Å². The molecular formula is C17H17N3O3. The summed E-state index contributed by atoms with van der Waals surface area (Å²) in [4.78, 5) is 12.1. The molecule has 23 heavy (non-hydrogen) atoms. The average Bonchev–Trinajstić information content (AvgIpc) is 3.03. The summed E-state index contributed by atoms with van der Waals surface area (Å²) in [5.41, 5.74) is 2.52. The number of hydrogen-bond acceptors (Lipinski definition) is 4. The number of amides is 1. The first-order valence-electron chi connectivity index (χ1n) is 7.17. The molecule has 118 valence electrons. The van der Waals surface area contributed by atoms with Gasteiger partial charge < -0.3 is 14.8 Å². The largest absolute Gasteiger partial charge is 0.493 e. The predicted octanol–water partition coefficient (Wildman–Crippen LogP) is 2.90. The number of hydrogen-bond donors (Lipinski definition) is 2. The van der Waals surface area contributed by atoms with Crippen molar-refractivity contribution in [1.29, 1.82) is 0 Å². The van der Waals surface area contributed by atoms with E-state index in [4.69, 9.17) is 9.47 Å². The number of aromatic amines is 1. The highest BCUT2D eigenvalue weighted by molar-refractivity contribution is 6.00. The van der Waals surface area contributed by atoms with Crippen molar-refractivity contribution >= 4 is 22.5 Å². The number of aryl methyl sites for hydroxylation is 1. The van der Waals surface area contributed by atoms with E-state index in [0.29, 0.717) is 17.2 Å². The van der Waals surface area contributed by atoms with E-state index in [9.17, 15) is 4.79 Å². The number of nitrogens with one attached hydrogen (secondary N) is 2. The molecule has 3 rings (SSSR count). The molecule has 0 saturated carbocycles. The average molecular weight is 311 g/mol. The lowest BCUT2D eigenvalue weighted by Gasteiger charge is -2.11. The molecule has 6 nitrogen and oxygen atoms in total. The lowest BCUT2D eigenvalue weighted by molar-refractivity contribution is -0.118. The molecule has 0 saturated heterocycles. The summed E-state index contributed by atoms with van der Waals surface area (Å²) >= 11 is 0. The Bertz CT molecular complexity index is 842. The number of ether oxygens (including phenoxy) is 2. The SMILES string of the molecule is COc1cc(C)ccc1OCC(=O)Nc1cccc2cn[nH]c12. The number of para-hydroxylation sites is 1. The lowest BCUT2D eigenvalue weighted by atomic mass is 10.2. The van der Waals surface area contributed by atoms with E-state index in [1.54, 1.807) is 19.4 Å². The molecule has 2 N–H and O–H groups in total. The third kappa shape index (κ3) is 3.26. The standard InChI is InChI=1S/C17H17N3O3/c1-11-6-7-14(15(8-11)22-2)23-10-16(21)19-13-5-3-4-12-9-18-20-17(12)13/h3-9H,10H2,1-2H3,(H,18,20)(H,19,21). The van der Waals surface area contributed by atoms with Gasteiger partial charge in [0.15, 0.2) is 18.1 Å². The van der Waals surface area contributed by atoms with Crippen LogP contribution in [0.25, 0.3) is 10.9 Å². The number of rotatable bonds is 5. The molecule has 6 heteroatoms. The van der Waals surface area contributed by atoms with Crippen LogP contribution >= 0.6 is 0 Å². The molecule has 0 bridgehead atoms. The van der Waals surface area contributed by atoms with Crippen LogP contribution < -0.4 is 14.8 Å². The summed E-state index contributed by atoms with van der Waals surface area (Å²) in [5.74, 6) is 0.885. The Morgan fingerprint density at radius 3 is 2.96 bits per heavy atom. The van der Waals surface area contributed by atoms with Crippen LogP contribution in [-0.2, 0) is 4.79 Å². The zero-order chi connectivity index (χ0) is 16.2.